The van der Waals surface area contributed by atoms with Crippen LogP contribution in [0, 0.1) is 11.8 Å². The second-order valence-electron chi connectivity index (χ2n) is 24.3. The first-order chi connectivity index (χ1) is 35.7. The molecule has 6 aromatic rings. The largest absolute Gasteiger partial charge is 0.459 e. The quantitative estimate of drug-likeness (QED) is 0.0682. The highest BCUT2D eigenvalue weighted by Gasteiger charge is 2.61. The van der Waals surface area contributed by atoms with Gasteiger partial charge in [0.15, 0.2) is 0 Å². The van der Waals surface area contributed by atoms with E-state index >= 15 is 0 Å². The van der Waals surface area contributed by atoms with Crippen LogP contribution in [-0.2, 0) is 39.4 Å². The lowest BCUT2D eigenvalue weighted by Gasteiger charge is -2.56. The summed E-state index contributed by atoms with van der Waals surface area (Å²) >= 11 is 0. The number of hydrogen-bond donors (Lipinski definition) is 0. The van der Waals surface area contributed by atoms with Crippen LogP contribution in [0.2, 0.25) is 6.32 Å². The third kappa shape index (κ3) is 9.11. The van der Waals surface area contributed by atoms with Crippen LogP contribution in [-0.4, -0.2) is 76.4 Å². The number of fused-ring (bicyclic) bond motifs is 6. The Morgan fingerprint density at radius 3 is 1.24 bits per heavy atom. The summed E-state index contributed by atoms with van der Waals surface area (Å²) in [6, 6.07) is 55.1. The second kappa shape index (κ2) is 19.8. The summed E-state index contributed by atoms with van der Waals surface area (Å²) in [5, 5.41) is 0. The first-order valence-corrected chi connectivity index (χ1v) is 27.2. The normalized spacial score (nSPS) is 22.5. The number of nitrogens with zero attached hydrogens (tertiary/aromatic N) is 2. The van der Waals surface area contributed by atoms with Gasteiger partial charge in [0.2, 0.25) is 0 Å². The molecule has 2 aliphatic carbocycles. The molecule has 11 rings (SSSR count). The Labute approximate surface area is 446 Å². The van der Waals surface area contributed by atoms with Crippen LogP contribution in [0.25, 0.3) is 22.3 Å². The Morgan fingerprint density at radius 2 is 0.880 bits per heavy atom. The number of hydrogen-bond acceptors (Lipinski definition) is 8. The van der Waals surface area contributed by atoms with Crippen molar-refractivity contribution in [2.75, 3.05) is 13.1 Å². The van der Waals surface area contributed by atoms with E-state index in [1.165, 1.54) is 55.6 Å². The zero-order chi connectivity index (χ0) is 53.1. The van der Waals surface area contributed by atoms with Gasteiger partial charge in [0, 0.05) is 19.0 Å². The minimum Gasteiger partial charge on any atom is -0.459 e. The van der Waals surface area contributed by atoms with Gasteiger partial charge in [-0.2, -0.15) is 0 Å². The molecule has 0 radical (unpaired) electrons. The second-order valence-corrected chi connectivity index (χ2v) is 24.3. The van der Waals surface area contributed by atoms with Gasteiger partial charge in [0.05, 0.1) is 22.3 Å². The highest BCUT2D eigenvalue weighted by molar-refractivity contribution is 6.45. The van der Waals surface area contributed by atoms with Gasteiger partial charge in [-0.3, -0.25) is 19.4 Å². The van der Waals surface area contributed by atoms with Crippen molar-refractivity contribution in [1.29, 1.82) is 0 Å². The Kier molecular flexibility index (Phi) is 13.8. The molecule has 0 bridgehead atoms. The fourth-order valence-electron chi connectivity index (χ4n) is 12.9. The van der Waals surface area contributed by atoms with Crippen LogP contribution in [0.15, 0.2) is 170 Å². The number of ether oxygens (including phenoxy) is 2. The molecule has 388 valence electrons. The van der Waals surface area contributed by atoms with Gasteiger partial charge in [-0.1, -0.05) is 170 Å². The van der Waals surface area contributed by atoms with E-state index in [2.05, 4.69) is 196 Å². The maximum atomic E-state index is 14.1. The fourth-order valence-corrected chi connectivity index (χ4v) is 12.9. The molecule has 0 aromatic heterocycles. The predicted octanol–water partition coefficient (Wildman–Crippen LogP) is 13.7. The number of rotatable bonds is 12. The van der Waals surface area contributed by atoms with Crippen molar-refractivity contribution in [1.82, 2.24) is 9.80 Å². The van der Waals surface area contributed by atoms with Gasteiger partial charge >= 0.3 is 19.1 Å². The smallest absolute Gasteiger partial charge is 0.457 e. The van der Waals surface area contributed by atoms with Gasteiger partial charge in [0.25, 0.3) is 0 Å². The molecule has 4 atom stereocenters. The molecule has 75 heavy (non-hydrogen) atoms. The van der Waals surface area contributed by atoms with E-state index in [9.17, 15) is 9.59 Å². The van der Waals surface area contributed by atoms with Crippen molar-refractivity contribution in [2.45, 2.75) is 140 Å². The molecule has 0 saturated carbocycles. The SMILES string of the molecule is C=CC[C@@H]1CN(C2(c3ccccc3)c3ccccc3-c3ccccc32)[C@@H]1C(=O)OC(C)(C)C.CC(C)(C)OC(=O)[C@@H]1[C@H](CCCB2OC(C)(C)C(C)(C)O2)CN1C1(c2ccccc2)c2ccccc2-c2ccccc21. The van der Waals surface area contributed by atoms with Gasteiger partial charge in [-0.05, 0) is 150 Å². The van der Waals surface area contributed by atoms with Gasteiger partial charge in [0.1, 0.15) is 23.3 Å². The highest BCUT2D eigenvalue weighted by atomic mass is 16.7. The highest BCUT2D eigenvalue weighted by Crippen LogP contribution is 2.59. The van der Waals surface area contributed by atoms with Crippen molar-refractivity contribution in [3.05, 3.63) is 204 Å². The first-order valence-electron chi connectivity index (χ1n) is 27.2. The minimum atomic E-state index is -0.585. The third-order valence-corrected chi connectivity index (χ3v) is 16.6. The van der Waals surface area contributed by atoms with Crippen molar-refractivity contribution in [3.63, 3.8) is 0 Å². The van der Waals surface area contributed by atoms with E-state index in [0.717, 1.165) is 38.7 Å². The van der Waals surface area contributed by atoms with Crippen molar-refractivity contribution >= 4 is 19.1 Å². The molecule has 9 heteroatoms. The maximum Gasteiger partial charge on any atom is 0.457 e. The molecule has 0 spiro atoms. The van der Waals surface area contributed by atoms with Crippen LogP contribution in [0.4, 0.5) is 0 Å². The predicted molar refractivity (Wildman–Crippen MR) is 301 cm³/mol. The lowest BCUT2D eigenvalue weighted by Crippen LogP contribution is -2.68. The van der Waals surface area contributed by atoms with E-state index in [1.807, 2.05) is 53.7 Å². The number of benzene rings is 6. The number of allylic oxidation sites excluding steroid dienone is 1. The third-order valence-electron chi connectivity index (χ3n) is 16.6. The van der Waals surface area contributed by atoms with E-state index in [4.69, 9.17) is 18.8 Å². The summed E-state index contributed by atoms with van der Waals surface area (Å²) in [4.78, 5) is 32.5. The summed E-state index contributed by atoms with van der Waals surface area (Å²) in [5.41, 5.74) is 9.23. The molecule has 5 aliphatic rings. The summed E-state index contributed by atoms with van der Waals surface area (Å²) in [5.74, 6) is 0.0463. The molecule has 6 aromatic carbocycles. The van der Waals surface area contributed by atoms with Crippen LogP contribution in [0.5, 0.6) is 0 Å². The molecular formula is C66H75BN2O6. The molecule has 0 N–H and O–H groups in total. The van der Waals surface area contributed by atoms with Crippen molar-refractivity contribution in [3.8, 4) is 22.3 Å². The zero-order valence-corrected chi connectivity index (χ0v) is 45.8. The Bertz CT molecular complexity index is 2960. The first kappa shape index (κ1) is 52.4. The lowest BCUT2D eigenvalue weighted by molar-refractivity contribution is -0.178. The lowest BCUT2D eigenvalue weighted by atomic mass is 9.71. The molecule has 0 amide bonds. The molecule has 3 fully saturated rings. The average Bonchev–Trinajstić information content (AvgIpc) is 3.99. The van der Waals surface area contributed by atoms with Crippen molar-refractivity contribution in [2.24, 2.45) is 11.8 Å². The molecule has 3 saturated heterocycles. The zero-order valence-electron chi connectivity index (χ0n) is 45.8. The van der Waals surface area contributed by atoms with E-state index < -0.39 is 22.3 Å². The Hall–Kier alpha value is -6.10. The summed E-state index contributed by atoms with van der Waals surface area (Å²) in [6.45, 7) is 25.6. The van der Waals surface area contributed by atoms with Crippen LogP contribution in [0.1, 0.15) is 122 Å². The molecular weight excluding hydrogens is 928 g/mol. The maximum absolute atomic E-state index is 14.1. The Morgan fingerprint density at radius 1 is 0.547 bits per heavy atom. The standard InChI is InChI=1S/C36H44BNO4.C30H31NO2/c1-33(2,3)40-32(39)31-25(16-15-23-37-41-34(4,5)35(6,7)42-37)24-38(31)36(26-17-9-8-10-18-26)29-21-13-11-19-27(29)28-20-12-14-22-30(28)36;1-5-13-21-20-31(27(21)28(32)33-29(2,3)4)30(22-14-7-6-8-15-22)25-18-11-9-16-23(25)24-17-10-12-19-26(24)30/h8-14,17-22,25,31H,15-16,23-24H2,1-7H3;5-12,14-19,21,27H,1,13,20H2,2-4H3/t25-,31+;21-,27+/m11/s1. The fraction of sp³-hybridized carbons (Fsp3) is 0.394. The molecule has 3 aliphatic heterocycles. The number of carbonyl (C=O) groups excluding carboxylic acids is 2. The van der Waals surface area contributed by atoms with Crippen LogP contribution >= 0.6 is 0 Å². The number of carbonyl (C=O) groups is 2. The van der Waals surface area contributed by atoms with E-state index in [0.29, 0.717) is 0 Å². The van der Waals surface area contributed by atoms with Gasteiger partial charge in [-0.25, -0.2) is 0 Å². The molecule has 8 nitrogen and oxygen atoms in total. The minimum absolute atomic E-state index is 0.147. The van der Waals surface area contributed by atoms with E-state index in [1.54, 1.807) is 0 Å². The Balaban J connectivity index is 0.000000176. The molecule has 0 unspecified atom stereocenters. The summed E-state index contributed by atoms with van der Waals surface area (Å²) < 4.78 is 24.6. The van der Waals surface area contributed by atoms with Crippen LogP contribution < -0.4 is 0 Å². The summed E-state index contributed by atoms with van der Waals surface area (Å²) in [7, 11) is -0.226. The summed E-state index contributed by atoms with van der Waals surface area (Å²) in [6.07, 6.45) is 5.33. The molecule has 3 heterocycles. The monoisotopic (exact) mass is 1000 g/mol. The topological polar surface area (TPSA) is 77.5 Å². The average molecular weight is 1000 g/mol. The number of esters is 2. The van der Waals surface area contributed by atoms with E-state index in [-0.39, 0.29) is 54.2 Å². The van der Waals surface area contributed by atoms with Gasteiger partial charge < -0.3 is 18.8 Å². The van der Waals surface area contributed by atoms with Gasteiger partial charge in [-0.15, -0.1) is 6.58 Å². The van der Waals surface area contributed by atoms with Crippen LogP contribution in [0.3, 0.4) is 0 Å². The number of likely N-dealkylation sites (tertiary alicyclic amines) is 2. The van der Waals surface area contributed by atoms with Crippen molar-refractivity contribution < 1.29 is 28.4 Å².